The molecule has 1 aliphatic rings. The van der Waals surface area contributed by atoms with Crippen LogP contribution in [0.25, 0.3) is 22.6 Å². The number of aryl methyl sites for hydroxylation is 1. The first-order chi connectivity index (χ1) is 20.5. The Balaban J connectivity index is 1.50. The van der Waals surface area contributed by atoms with Gasteiger partial charge in [0.15, 0.2) is 22.8 Å². The number of imidazole rings is 1. The zero-order valence-electron chi connectivity index (χ0n) is 24.2. The molecule has 42 heavy (non-hydrogen) atoms. The molecule has 3 aromatic heterocycles. The maximum Gasteiger partial charge on any atom is 0.277 e. The third-order valence-corrected chi connectivity index (χ3v) is 7.19. The van der Waals surface area contributed by atoms with E-state index in [1.165, 1.54) is 12.4 Å². The first-order valence-corrected chi connectivity index (χ1v) is 14.2. The predicted octanol–water partition coefficient (Wildman–Crippen LogP) is 3.78. The van der Waals surface area contributed by atoms with E-state index >= 15 is 0 Å². The lowest BCUT2D eigenvalue weighted by atomic mass is 10.1. The first kappa shape index (κ1) is 29.1. The number of carbonyl (C=O) groups is 1. The summed E-state index contributed by atoms with van der Waals surface area (Å²) < 4.78 is 13.2. The smallest absolute Gasteiger partial charge is 0.277 e. The summed E-state index contributed by atoms with van der Waals surface area (Å²) in [4.78, 5) is 37.5. The average Bonchev–Trinajstić information content (AvgIpc) is 3.39. The molecule has 1 saturated heterocycles. The molecule has 220 valence electrons. The van der Waals surface area contributed by atoms with Crippen LogP contribution < -0.4 is 15.1 Å². The van der Waals surface area contributed by atoms with Gasteiger partial charge in [0.25, 0.3) is 5.91 Å². The topological polar surface area (TPSA) is 140 Å². The molecule has 1 amide bonds. The number of methoxy groups -OCH3 is 1. The summed E-state index contributed by atoms with van der Waals surface area (Å²) >= 11 is 0. The van der Waals surface area contributed by atoms with Crippen LogP contribution in [0.1, 0.15) is 48.7 Å². The molecular weight excluding hydrogens is 536 g/mol. The second-order valence-corrected chi connectivity index (χ2v) is 10.2. The van der Waals surface area contributed by atoms with Gasteiger partial charge in [-0.15, -0.1) is 0 Å². The molecule has 1 fully saturated rings. The monoisotopic (exact) mass is 572 g/mol. The Labute approximate surface area is 244 Å². The third-order valence-electron chi connectivity index (χ3n) is 7.19. The van der Waals surface area contributed by atoms with Crippen LogP contribution in [0.5, 0.6) is 5.75 Å². The van der Waals surface area contributed by atoms with Gasteiger partial charge in [-0.3, -0.25) is 10.0 Å². The highest BCUT2D eigenvalue weighted by Gasteiger charge is 2.23. The van der Waals surface area contributed by atoms with E-state index in [1.54, 1.807) is 12.6 Å². The number of nitrogens with zero attached hydrogens (tertiary/aromatic N) is 7. The highest BCUT2D eigenvalue weighted by Crippen LogP contribution is 2.30. The number of nitrogens with one attached hydrogen (secondary N) is 1. The Bertz CT molecular complexity index is 1540. The number of allylic oxidation sites excluding steroid dienone is 2. The van der Waals surface area contributed by atoms with Gasteiger partial charge in [-0.05, 0) is 37.6 Å². The van der Waals surface area contributed by atoms with Gasteiger partial charge in [0.2, 0.25) is 0 Å². The first-order valence-electron chi connectivity index (χ1n) is 14.2. The number of ether oxygens (including phenoxy) is 2. The maximum absolute atomic E-state index is 11.6. The Morgan fingerprint density at radius 1 is 1.12 bits per heavy atom. The summed E-state index contributed by atoms with van der Waals surface area (Å²) in [6.45, 7) is 7.76. The third kappa shape index (κ3) is 6.55. The molecule has 0 radical (unpaired) electrons. The van der Waals surface area contributed by atoms with Crippen LogP contribution in [-0.2, 0) is 24.1 Å². The number of aromatic nitrogens is 6. The molecule has 0 spiro atoms. The number of morpholine rings is 1. The number of hydrogen-bond acceptors (Lipinski definition) is 10. The molecule has 1 aromatic carbocycles. The molecule has 1 aliphatic heterocycles. The lowest BCUT2D eigenvalue weighted by Crippen LogP contribution is -2.37. The summed E-state index contributed by atoms with van der Waals surface area (Å²) in [6.07, 6.45) is 8.11. The minimum Gasteiger partial charge on any atom is -0.497 e. The number of rotatable bonds is 11. The zero-order valence-corrected chi connectivity index (χ0v) is 24.2. The van der Waals surface area contributed by atoms with Gasteiger partial charge < -0.3 is 18.9 Å². The van der Waals surface area contributed by atoms with Gasteiger partial charge in [0, 0.05) is 50.4 Å². The number of unbranched alkanes of at least 4 members (excludes halogenated alkanes) is 1. The lowest BCUT2D eigenvalue weighted by Gasteiger charge is -2.28. The van der Waals surface area contributed by atoms with E-state index in [0.717, 1.165) is 72.2 Å². The van der Waals surface area contributed by atoms with Crippen molar-refractivity contribution in [3.63, 3.8) is 0 Å². The van der Waals surface area contributed by atoms with Crippen molar-refractivity contribution in [2.24, 2.45) is 0 Å². The number of benzene rings is 1. The van der Waals surface area contributed by atoms with E-state index < -0.39 is 5.91 Å². The minimum atomic E-state index is -0.644. The van der Waals surface area contributed by atoms with E-state index in [1.807, 2.05) is 31.2 Å². The van der Waals surface area contributed by atoms with Crippen molar-refractivity contribution in [1.29, 1.82) is 0 Å². The van der Waals surface area contributed by atoms with Crippen LogP contribution in [0, 0.1) is 0 Å². The molecule has 12 heteroatoms. The van der Waals surface area contributed by atoms with Crippen molar-refractivity contribution in [2.75, 3.05) is 38.3 Å². The van der Waals surface area contributed by atoms with Crippen LogP contribution in [-0.4, -0.2) is 74.0 Å². The van der Waals surface area contributed by atoms with Crippen LogP contribution in [0.4, 0.5) is 5.82 Å². The molecule has 0 unspecified atom stereocenters. The van der Waals surface area contributed by atoms with E-state index in [4.69, 9.17) is 29.6 Å². The van der Waals surface area contributed by atoms with Gasteiger partial charge in [0.05, 0.1) is 25.9 Å². The van der Waals surface area contributed by atoms with Crippen molar-refractivity contribution in [2.45, 2.75) is 46.1 Å². The fourth-order valence-electron chi connectivity index (χ4n) is 4.82. The zero-order chi connectivity index (χ0) is 29.5. The van der Waals surface area contributed by atoms with Crippen molar-refractivity contribution in [3.8, 4) is 17.1 Å². The molecule has 4 aromatic rings. The predicted molar refractivity (Wildman–Crippen MR) is 158 cm³/mol. The molecule has 5 rings (SSSR count). The fourth-order valence-corrected chi connectivity index (χ4v) is 4.82. The van der Waals surface area contributed by atoms with Crippen LogP contribution in [0.3, 0.4) is 0 Å². The van der Waals surface area contributed by atoms with Crippen molar-refractivity contribution >= 4 is 22.9 Å². The van der Waals surface area contributed by atoms with Crippen LogP contribution >= 0.6 is 0 Å². The van der Waals surface area contributed by atoms with Gasteiger partial charge in [-0.2, -0.15) is 0 Å². The Kier molecular flexibility index (Phi) is 9.35. The minimum absolute atomic E-state index is 0.193. The number of hydrogen-bond donors (Lipinski definition) is 2. The molecule has 0 atom stereocenters. The second-order valence-electron chi connectivity index (χ2n) is 10.2. The second kappa shape index (κ2) is 13.5. The van der Waals surface area contributed by atoms with Crippen molar-refractivity contribution in [1.82, 2.24) is 35.0 Å². The Morgan fingerprint density at radius 3 is 2.52 bits per heavy atom. The summed E-state index contributed by atoms with van der Waals surface area (Å²) in [5.74, 6) is 3.12. The normalized spacial score (nSPS) is 13.9. The molecule has 0 aliphatic carbocycles. The summed E-state index contributed by atoms with van der Waals surface area (Å²) in [5.41, 5.74) is 5.39. The van der Waals surface area contributed by atoms with Gasteiger partial charge in [0.1, 0.15) is 17.4 Å². The lowest BCUT2D eigenvalue weighted by molar-refractivity contribution is 0.0705. The standard InChI is InChI=1S/C30H36N8O4/c1-4-5-12-38-25(11-6-20(2)17-24-31-18-22(19-32-24)30(39)36-40)33-26-28(37-13-15-42-16-14-37)34-27(35-29(26)38)21-7-9-23(41-3)10-8-21/h6-10,18-19,40H,4-5,11-17H2,1-3H3,(H,36,39)/b20-6+. The number of hydroxylamine groups is 1. The van der Waals surface area contributed by atoms with E-state index in [9.17, 15) is 4.79 Å². The average molecular weight is 573 g/mol. The van der Waals surface area contributed by atoms with Crippen LogP contribution in [0.15, 0.2) is 48.3 Å². The summed E-state index contributed by atoms with van der Waals surface area (Å²) in [6, 6.07) is 7.80. The quantitative estimate of drug-likeness (QED) is 0.155. The summed E-state index contributed by atoms with van der Waals surface area (Å²) in [7, 11) is 1.65. The van der Waals surface area contributed by atoms with Crippen molar-refractivity contribution in [3.05, 3.63) is 65.5 Å². The number of amides is 1. The number of fused-ring (bicyclic) bond motifs is 1. The van der Waals surface area contributed by atoms with Crippen molar-refractivity contribution < 1.29 is 19.5 Å². The molecule has 0 saturated carbocycles. The van der Waals surface area contributed by atoms with E-state index in [-0.39, 0.29) is 5.56 Å². The molecular formula is C30H36N8O4. The van der Waals surface area contributed by atoms with Gasteiger partial charge in [-0.1, -0.05) is 25.0 Å². The molecule has 2 N–H and O–H groups in total. The molecule has 0 bridgehead atoms. The Morgan fingerprint density at radius 2 is 1.86 bits per heavy atom. The highest BCUT2D eigenvalue weighted by molar-refractivity contribution is 5.92. The number of carbonyl (C=O) groups excluding carboxylic acids is 1. The maximum atomic E-state index is 11.6. The van der Waals surface area contributed by atoms with Crippen LogP contribution in [0.2, 0.25) is 0 Å². The van der Waals surface area contributed by atoms with Gasteiger partial charge in [-0.25, -0.2) is 30.4 Å². The van der Waals surface area contributed by atoms with E-state index in [2.05, 4.69) is 32.4 Å². The highest BCUT2D eigenvalue weighted by atomic mass is 16.5. The van der Waals surface area contributed by atoms with E-state index in [0.29, 0.717) is 37.7 Å². The number of anilines is 1. The summed E-state index contributed by atoms with van der Waals surface area (Å²) in [5, 5.41) is 8.80. The molecule has 4 heterocycles. The van der Waals surface area contributed by atoms with Gasteiger partial charge >= 0.3 is 0 Å². The fraction of sp³-hybridized carbons (Fsp3) is 0.400. The SMILES string of the molecule is CCCCn1c(C/C=C(\C)Cc2ncc(C(=O)NO)cn2)nc2c(N3CCOCC3)nc(-c3ccc(OC)cc3)nc21. The Hall–Kier alpha value is -4.42. The molecule has 12 nitrogen and oxygen atoms in total. The largest absolute Gasteiger partial charge is 0.497 e.